The maximum absolute atomic E-state index is 11.3. The van der Waals surface area contributed by atoms with Gasteiger partial charge in [-0.3, -0.25) is 4.79 Å². The van der Waals surface area contributed by atoms with Gasteiger partial charge in [0.05, 0.1) is 6.10 Å². The van der Waals surface area contributed by atoms with Gasteiger partial charge in [-0.25, -0.2) is 0 Å². The summed E-state index contributed by atoms with van der Waals surface area (Å²) in [6.07, 6.45) is -0.0896. The Hall–Kier alpha value is -0.220. The van der Waals surface area contributed by atoms with Crippen LogP contribution in [-0.2, 0) is 9.53 Å². The quantitative estimate of drug-likeness (QED) is 0.733. The Kier molecular flexibility index (Phi) is 5.52. The highest BCUT2D eigenvalue weighted by atomic mass is 32.2. The van der Waals surface area contributed by atoms with E-state index >= 15 is 0 Å². The third-order valence-corrected chi connectivity index (χ3v) is 2.74. The summed E-state index contributed by atoms with van der Waals surface area (Å²) < 4.78 is 5.13. The molecule has 0 aromatic rings. The van der Waals surface area contributed by atoms with Crippen molar-refractivity contribution < 1.29 is 9.53 Å². The molecule has 1 unspecified atom stereocenters. The molecule has 0 aromatic heterocycles. The Morgan fingerprint density at radius 1 is 1.43 bits per heavy atom. The summed E-state index contributed by atoms with van der Waals surface area (Å²) in [6, 6.07) is -0.512. The highest BCUT2D eigenvalue weighted by Crippen LogP contribution is 2.23. The number of esters is 1. The predicted octanol–water partition coefficient (Wildman–Crippen LogP) is 1.80. The molecule has 0 spiro atoms. The van der Waals surface area contributed by atoms with E-state index in [9.17, 15) is 4.79 Å². The van der Waals surface area contributed by atoms with Crippen molar-refractivity contribution >= 4 is 17.7 Å². The van der Waals surface area contributed by atoms with Crippen molar-refractivity contribution in [3.63, 3.8) is 0 Å². The van der Waals surface area contributed by atoms with Crippen LogP contribution in [0.1, 0.15) is 34.6 Å². The largest absolute Gasteiger partial charge is 0.462 e. The monoisotopic (exact) mass is 219 g/mol. The van der Waals surface area contributed by atoms with Crippen molar-refractivity contribution in [1.82, 2.24) is 0 Å². The van der Waals surface area contributed by atoms with Gasteiger partial charge in [0.2, 0.25) is 0 Å². The third kappa shape index (κ3) is 7.21. The lowest BCUT2D eigenvalue weighted by atomic mass is 10.3. The van der Waals surface area contributed by atoms with E-state index in [4.69, 9.17) is 10.5 Å². The normalized spacial score (nSPS) is 14.2. The van der Waals surface area contributed by atoms with Crippen LogP contribution in [-0.4, -0.2) is 28.6 Å². The van der Waals surface area contributed by atoms with E-state index in [2.05, 4.69) is 20.8 Å². The Morgan fingerprint density at radius 2 is 1.93 bits per heavy atom. The van der Waals surface area contributed by atoms with Crippen LogP contribution in [0.2, 0.25) is 0 Å². The van der Waals surface area contributed by atoms with E-state index in [-0.39, 0.29) is 16.8 Å². The van der Waals surface area contributed by atoms with Crippen LogP contribution in [0.25, 0.3) is 0 Å². The second kappa shape index (κ2) is 5.61. The first-order valence-electron chi connectivity index (χ1n) is 4.82. The van der Waals surface area contributed by atoms with E-state index in [1.54, 1.807) is 11.8 Å². The number of hydrogen-bond donors (Lipinski definition) is 1. The van der Waals surface area contributed by atoms with Gasteiger partial charge in [-0.05, 0) is 13.8 Å². The predicted molar refractivity (Wildman–Crippen MR) is 61.4 cm³/mol. The smallest absolute Gasteiger partial charge is 0.324 e. The first kappa shape index (κ1) is 13.8. The molecule has 2 N–H and O–H groups in total. The van der Waals surface area contributed by atoms with Crippen molar-refractivity contribution in [2.45, 2.75) is 51.5 Å². The standard InChI is InChI=1S/C10H21NO2S/c1-7(2)13-9(12)8(11)6-14-10(3,4)5/h7-8H,6,11H2,1-5H3. The minimum Gasteiger partial charge on any atom is -0.462 e. The van der Waals surface area contributed by atoms with E-state index in [0.29, 0.717) is 5.75 Å². The van der Waals surface area contributed by atoms with Gasteiger partial charge in [-0.1, -0.05) is 20.8 Å². The minimum absolute atomic E-state index is 0.0896. The average Bonchev–Trinajstić information content (AvgIpc) is 1.97. The zero-order valence-corrected chi connectivity index (χ0v) is 10.5. The van der Waals surface area contributed by atoms with E-state index in [1.165, 1.54) is 0 Å². The van der Waals surface area contributed by atoms with E-state index < -0.39 is 6.04 Å². The summed E-state index contributed by atoms with van der Waals surface area (Å²) >= 11 is 1.67. The lowest BCUT2D eigenvalue weighted by Gasteiger charge is -2.20. The highest BCUT2D eigenvalue weighted by Gasteiger charge is 2.20. The molecule has 0 bridgehead atoms. The van der Waals surface area contributed by atoms with Crippen LogP contribution >= 0.6 is 11.8 Å². The molecular weight excluding hydrogens is 198 g/mol. The number of thioether (sulfide) groups is 1. The molecular formula is C10H21NO2S. The molecule has 0 aliphatic carbocycles. The van der Waals surface area contributed by atoms with Crippen LogP contribution < -0.4 is 5.73 Å². The van der Waals surface area contributed by atoms with Gasteiger partial charge < -0.3 is 10.5 Å². The topological polar surface area (TPSA) is 52.3 Å². The molecule has 0 amide bonds. The molecule has 0 saturated carbocycles. The van der Waals surface area contributed by atoms with Crippen LogP contribution in [0, 0.1) is 0 Å². The van der Waals surface area contributed by atoms with Gasteiger partial charge in [0.1, 0.15) is 6.04 Å². The molecule has 0 aliphatic heterocycles. The fourth-order valence-electron chi connectivity index (χ4n) is 0.728. The van der Waals surface area contributed by atoms with Gasteiger partial charge >= 0.3 is 5.97 Å². The first-order valence-corrected chi connectivity index (χ1v) is 5.81. The summed E-state index contributed by atoms with van der Waals surface area (Å²) in [4.78, 5) is 11.3. The molecule has 0 aromatic carbocycles. The van der Waals surface area contributed by atoms with Crippen LogP contribution in [0.4, 0.5) is 0 Å². The summed E-state index contributed by atoms with van der Waals surface area (Å²) in [5.74, 6) is 0.298. The Bertz CT molecular complexity index is 187. The first-order chi connectivity index (χ1) is 6.22. The zero-order chi connectivity index (χ0) is 11.4. The summed E-state index contributed by atoms with van der Waals surface area (Å²) in [6.45, 7) is 9.93. The zero-order valence-electron chi connectivity index (χ0n) is 9.66. The molecule has 84 valence electrons. The van der Waals surface area contributed by atoms with Crippen LogP contribution in [0.15, 0.2) is 0 Å². The number of carbonyl (C=O) groups excluding carboxylic acids is 1. The molecule has 0 fully saturated rings. The van der Waals surface area contributed by atoms with Gasteiger partial charge in [0, 0.05) is 10.5 Å². The third-order valence-electron chi connectivity index (χ3n) is 1.35. The van der Waals surface area contributed by atoms with E-state index in [0.717, 1.165) is 0 Å². The van der Waals surface area contributed by atoms with Gasteiger partial charge in [-0.15, -0.1) is 0 Å². The fraction of sp³-hybridized carbons (Fsp3) is 0.900. The van der Waals surface area contributed by atoms with Crippen molar-refractivity contribution in [1.29, 1.82) is 0 Å². The SMILES string of the molecule is CC(C)OC(=O)C(N)CSC(C)(C)C. The number of nitrogens with two attached hydrogens (primary N) is 1. The average molecular weight is 219 g/mol. The lowest BCUT2D eigenvalue weighted by molar-refractivity contribution is -0.148. The number of carbonyl (C=O) groups is 1. The van der Waals surface area contributed by atoms with Gasteiger partial charge in [0.15, 0.2) is 0 Å². The Morgan fingerprint density at radius 3 is 2.29 bits per heavy atom. The molecule has 0 radical (unpaired) electrons. The van der Waals surface area contributed by atoms with E-state index in [1.807, 2.05) is 13.8 Å². The highest BCUT2D eigenvalue weighted by molar-refractivity contribution is 8.00. The Labute approximate surface area is 90.8 Å². The molecule has 1 atom stereocenters. The van der Waals surface area contributed by atoms with Crippen molar-refractivity contribution in [2.75, 3.05) is 5.75 Å². The molecule has 3 nitrogen and oxygen atoms in total. The van der Waals surface area contributed by atoms with Gasteiger partial charge in [-0.2, -0.15) is 11.8 Å². The molecule has 0 heterocycles. The Balaban J connectivity index is 3.85. The molecule has 4 heteroatoms. The molecule has 0 rings (SSSR count). The van der Waals surface area contributed by atoms with Crippen molar-refractivity contribution in [2.24, 2.45) is 5.73 Å². The maximum atomic E-state index is 11.3. The summed E-state index contributed by atoms with van der Waals surface area (Å²) in [5.41, 5.74) is 5.68. The summed E-state index contributed by atoms with van der Waals surface area (Å²) in [5, 5.41) is 0. The van der Waals surface area contributed by atoms with Crippen LogP contribution in [0.3, 0.4) is 0 Å². The second-order valence-electron chi connectivity index (χ2n) is 4.52. The number of ether oxygens (including phenoxy) is 1. The molecule has 0 aliphatic rings. The minimum atomic E-state index is -0.512. The maximum Gasteiger partial charge on any atom is 0.324 e. The van der Waals surface area contributed by atoms with Crippen LogP contribution in [0.5, 0.6) is 0 Å². The molecule has 14 heavy (non-hydrogen) atoms. The number of hydrogen-bond acceptors (Lipinski definition) is 4. The number of rotatable bonds is 4. The second-order valence-corrected chi connectivity index (χ2v) is 6.36. The molecule has 0 saturated heterocycles. The van der Waals surface area contributed by atoms with Gasteiger partial charge in [0.25, 0.3) is 0 Å². The van der Waals surface area contributed by atoms with Crippen molar-refractivity contribution in [3.05, 3.63) is 0 Å². The fourth-order valence-corrected chi connectivity index (χ4v) is 1.54. The lowest BCUT2D eigenvalue weighted by Crippen LogP contribution is -2.37. The summed E-state index contributed by atoms with van der Waals surface area (Å²) in [7, 11) is 0. The van der Waals surface area contributed by atoms with Crippen molar-refractivity contribution in [3.8, 4) is 0 Å².